The Morgan fingerprint density at radius 2 is 2.29 bits per heavy atom. The molecule has 0 aliphatic carbocycles. The number of hydrogen-bond donors (Lipinski definition) is 1. The molecular formula is C12H21NO4. The number of ether oxygens (including phenoxy) is 1. The van der Waals surface area contributed by atoms with Gasteiger partial charge in [-0.3, -0.25) is 4.79 Å². The lowest BCUT2D eigenvalue weighted by atomic mass is 10.1. The van der Waals surface area contributed by atoms with E-state index in [0.29, 0.717) is 13.0 Å². The minimum Gasteiger partial charge on any atom is -0.481 e. The largest absolute Gasteiger partial charge is 0.481 e. The Bertz CT molecular complexity index is 267. The highest BCUT2D eigenvalue weighted by Gasteiger charge is 2.26. The lowest BCUT2D eigenvalue weighted by Gasteiger charge is -2.31. The first-order chi connectivity index (χ1) is 8.13. The topological polar surface area (TPSA) is 66.8 Å². The van der Waals surface area contributed by atoms with Crippen LogP contribution < -0.4 is 0 Å². The number of unbranched alkanes of at least 4 members (excludes halogenated alkanes) is 2. The SMILES string of the molecule is CCCCCN1CCC(CCC(=O)O)OC1=O. The van der Waals surface area contributed by atoms with E-state index in [4.69, 9.17) is 9.84 Å². The van der Waals surface area contributed by atoms with Crippen molar-refractivity contribution in [3.63, 3.8) is 0 Å². The molecule has 1 N–H and O–H groups in total. The molecule has 1 saturated heterocycles. The Hall–Kier alpha value is -1.26. The molecule has 1 heterocycles. The van der Waals surface area contributed by atoms with E-state index in [-0.39, 0.29) is 18.6 Å². The van der Waals surface area contributed by atoms with Crippen molar-refractivity contribution in [2.75, 3.05) is 13.1 Å². The van der Waals surface area contributed by atoms with Gasteiger partial charge in [-0.15, -0.1) is 0 Å². The number of carboxylic acids is 1. The summed E-state index contributed by atoms with van der Waals surface area (Å²) >= 11 is 0. The van der Waals surface area contributed by atoms with Gasteiger partial charge >= 0.3 is 12.1 Å². The second kappa shape index (κ2) is 7.14. The molecule has 5 heteroatoms. The van der Waals surface area contributed by atoms with Crippen molar-refractivity contribution in [1.29, 1.82) is 0 Å². The summed E-state index contributed by atoms with van der Waals surface area (Å²) in [5.41, 5.74) is 0. The van der Waals surface area contributed by atoms with Crippen molar-refractivity contribution in [3.8, 4) is 0 Å². The van der Waals surface area contributed by atoms with Crippen LogP contribution in [0.25, 0.3) is 0 Å². The molecule has 0 saturated carbocycles. The molecular weight excluding hydrogens is 222 g/mol. The van der Waals surface area contributed by atoms with Crippen LogP contribution in [0.3, 0.4) is 0 Å². The Morgan fingerprint density at radius 1 is 1.53 bits per heavy atom. The molecule has 0 spiro atoms. The zero-order chi connectivity index (χ0) is 12.7. The van der Waals surface area contributed by atoms with Crippen molar-refractivity contribution >= 4 is 12.1 Å². The molecule has 1 fully saturated rings. The van der Waals surface area contributed by atoms with E-state index in [1.54, 1.807) is 4.90 Å². The molecule has 1 rings (SSSR count). The fourth-order valence-electron chi connectivity index (χ4n) is 1.91. The number of amides is 1. The van der Waals surface area contributed by atoms with Crippen molar-refractivity contribution in [1.82, 2.24) is 4.90 Å². The highest BCUT2D eigenvalue weighted by atomic mass is 16.6. The van der Waals surface area contributed by atoms with E-state index in [1.807, 2.05) is 0 Å². The first kappa shape index (κ1) is 13.8. The summed E-state index contributed by atoms with van der Waals surface area (Å²) in [6, 6.07) is 0. The molecule has 1 unspecified atom stereocenters. The van der Waals surface area contributed by atoms with Gasteiger partial charge in [-0.25, -0.2) is 4.79 Å². The Labute approximate surface area is 102 Å². The van der Waals surface area contributed by atoms with Gasteiger partial charge < -0.3 is 14.7 Å². The molecule has 1 atom stereocenters. The number of cyclic esters (lactones) is 1. The highest BCUT2D eigenvalue weighted by molar-refractivity contribution is 5.69. The van der Waals surface area contributed by atoms with Gasteiger partial charge in [-0.1, -0.05) is 19.8 Å². The predicted octanol–water partition coefficient (Wildman–Crippen LogP) is 2.25. The quantitative estimate of drug-likeness (QED) is 0.696. The highest BCUT2D eigenvalue weighted by Crippen LogP contribution is 2.16. The molecule has 0 aromatic heterocycles. The third kappa shape index (κ3) is 5.06. The summed E-state index contributed by atoms with van der Waals surface area (Å²) in [6.07, 6.45) is 3.97. The lowest BCUT2D eigenvalue weighted by molar-refractivity contribution is -0.137. The van der Waals surface area contributed by atoms with Crippen LogP contribution in [0.15, 0.2) is 0 Å². The van der Waals surface area contributed by atoms with Crippen LogP contribution in [0.2, 0.25) is 0 Å². The first-order valence-corrected chi connectivity index (χ1v) is 6.30. The zero-order valence-corrected chi connectivity index (χ0v) is 10.4. The number of carbonyl (C=O) groups is 2. The summed E-state index contributed by atoms with van der Waals surface area (Å²) in [6.45, 7) is 3.56. The minimum atomic E-state index is -0.841. The van der Waals surface area contributed by atoms with Crippen LogP contribution in [0.4, 0.5) is 4.79 Å². The third-order valence-electron chi connectivity index (χ3n) is 2.96. The van der Waals surface area contributed by atoms with Crippen LogP contribution in [0.5, 0.6) is 0 Å². The first-order valence-electron chi connectivity index (χ1n) is 6.30. The summed E-state index contributed by atoms with van der Waals surface area (Å²) < 4.78 is 5.20. The van der Waals surface area contributed by atoms with Crippen LogP contribution in [-0.4, -0.2) is 41.3 Å². The average molecular weight is 243 g/mol. The van der Waals surface area contributed by atoms with E-state index in [9.17, 15) is 9.59 Å². The van der Waals surface area contributed by atoms with Crippen molar-refractivity contribution in [2.24, 2.45) is 0 Å². The van der Waals surface area contributed by atoms with Crippen molar-refractivity contribution in [3.05, 3.63) is 0 Å². The number of nitrogens with zero attached hydrogens (tertiary/aromatic N) is 1. The zero-order valence-electron chi connectivity index (χ0n) is 10.4. The fourth-order valence-corrected chi connectivity index (χ4v) is 1.91. The summed E-state index contributed by atoms with van der Waals surface area (Å²) in [4.78, 5) is 23.7. The van der Waals surface area contributed by atoms with Crippen LogP contribution >= 0.6 is 0 Å². The number of hydrogen-bond acceptors (Lipinski definition) is 3. The Balaban J connectivity index is 2.24. The number of carbonyl (C=O) groups excluding carboxylic acids is 1. The monoisotopic (exact) mass is 243 g/mol. The Morgan fingerprint density at radius 3 is 2.88 bits per heavy atom. The maximum atomic E-state index is 11.6. The van der Waals surface area contributed by atoms with E-state index in [1.165, 1.54) is 0 Å². The van der Waals surface area contributed by atoms with Crippen molar-refractivity contribution < 1.29 is 19.4 Å². The van der Waals surface area contributed by atoms with Gasteiger partial charge in [0.15, 0.2) is 0 Å². The number of aliphatic carboxylic acids is 1. The molecule has 5 nitrogen and oxygen atoms in total. The van der Waals surface area contributed by atoms with E-state index in [0.717, 1.165) is 32.2 Å². The van der Waals surface area contributed by atoms with Gasteiger partial charge in [0, 0.05) is 25.9 Å². The van der Waals surface area contributed by atoms with Gasteiger partial charge in [-0.05, 0) is 12.8 Å². The van der Waals surface area contributed by atoms with Gasteiger partial charge in [0.2, 0.25) is 0 Å². The molecule has 0 radical (unpaired) electrons. The number of carboxylic acid groups (broad SMARTS) is 1. The van der Waals surface area contributed by atoms with E-state index < -0.39 is 5.97 Å². The van der Waals surface area contributed by atoms with Gasteiger partial charge in [0.25, 0.3) is 0 Å². The van der Waals surface area contributed by atoms with E-state index in [2.05, 4.69) is 6.92 Å². The summed E-state index contributed by atoms with van der Waals surface area (Å²) in [7, 11) is 0. The Kier molecular flexibility index (Phi) is 5.80. The van der Waals surface area contributed by atoms with Gasteiger partial charge in [-0.2, -0.15) is 0 Å². The molecule has 0 aromatic carbocycles. The van der Waals surface area contributed by atoms with E-state index >= 15 is 0 Å². The lowest BCUT2D eigenvalue weighted by Crippen LogP contribution is -2.42. The van der Waals surface area contributed by atoms with Gasteiger partial charge in [0.1, 0.15) is 6.10 Å². The molecule has 1 aliphatic heterocycles. The average Bonchev–Trinajstić information content (AvgIpc) is 2.29. The van der Waals surface area contributed by atoms with Crippen molar-refractivity contribution in [2.45, 2.75) is 51.6 Å². The molecule has 0 aromatic rings. The summed E-state index contributed by atoms with van der Waals surface area (Å²) in [5.74, 6) is -0.841. The number of rotatable bonds is 7. The second-order valence-corrected chi connectivity index (χ2v) is 4.42. The molecule has 1 amide bonds. The molecule has 98 valence electrons. The fraction of sp³-hybridized carbons (Fsp3) is 0.833. The molecule has 0 bridgehead atoms. The second-order valence-electron chi connectivity index (χ2n) is 4.42. The summed E-state index contributed by atoms with van der Waals surface area (Å²) in [5, 5.41) is 8.55. The minimum absolute atomic E-state index is 0.0633. The normalized spacial score (nSPS) is 20.2. The maximum absolute atomic E-state index is 11.6. The molecule has 17 heavy (non-hydrogen) atoms. The van der Waals surface area contributed by atoms with Gasteiger partial charge in [0.05, 0.1) is 0 Å². The molecule has 1 aliphatic rings. The third-order valence-corrected chi connectivity index (χ3v) is 2.96. The van der Waals surface area contributed by atoms with Crippen LogP contribution in [-0.2, 0) is 9.53 Å². The maximum Gasteiger partial charge on any atom is 0.410 e. The smallest absolute Gasteiger partial charge is 0.410 e. The predicted molar refractivity (Wildman–Crippen MR) is 62.9 cm³/mol. The van der Waals surface area contributed by atoms with Crippen LogP contribution in [0.1, 0.15) is 45.4 Å². The standard InChI is InChI=1S/C12H21NO4/c1-2-3-4-8-13-9-7-10(17-12(13)16)5-6-11(14)15/h10H,2-9H2,1H3,(H,14,15). The van der Waals surface area contributed by atoms with Crippen LogP contribution in [0, 0.1) is 0 Å².